The Balaban J connectivity index is 1.48. The molecule has 1 aromatic heterocycles. The molecule has 1 amide bonds. The van der Waals surface area contributed by atoms with E-state index in [0.717, 1.165) is 41.7 Å². The van der Waals surface area contributed by atoms with Gasteiger partial charge < -0.3 is 14.8 Å². The van der Waals surface area contributed by atoms with E-state index in [4.69, 9.17) is 14.5 Å². The van der Waals surface area contributed by atoms with E-state index < -0.39 is 0 Å². The third kappa shape index (κ3) is 5.14. The van der Waals surface area contributed by atoms with Gasteiger partial charge in [0.1, 0.15) is 11.5 Å². The number of carbonyl (C=O) groups excluding carboxylic acids is 2. The number of Topliss-reactive ketones (excluding diaryl/α,β-unsaturated/α-hetero) is 1. The van der Waals surface area contributed by atoms with E-state index in [1.165, 1.54) is 6.92 Å². The van der Waals surface area contributed by atoms with Crippen LogP contribution in [0.25, 0.3) is 10.9 Å². The number of ketones is 1. The molecule has 0 aliphatic carbocycles. The quantitative estimate of drug-likeness (QED) is 0.544. The Morgan fingerprint density at radius 1 is 1.12 bits per heavy atom. The second-order valence-electron chi connectivity index (χ2n) is 8.36. The minimum Gasteiger partial charge on any atom is -0.497 e. The molecule has 3 aromatic rings. The first-order valence-electron chi connectivity index (χ1n) is 11.1. The van der Waals surface area contributed by atoms with Crippen molar-refractivity contribution in [3.8, 4) is 11.5 Å². The second-order valence-corrected chi connectivity index (χ2v) is 8.36. The summed E-state index contributed by atoms with van der Waals surface area (Å²) in [5.74, 6) is 1.11. The lowest BCUT2D eigenvalue weighted by Gasteiger charge is -2.32. The average molecular weight is 448 g/mol. The number of likely N-dealkylation sites (tertiary alicyclic amines) is 1. The molecule has 1 atom stereocenters. The maximum atomic E-state index is 13.3. The lowest BCUT2D eigenvalue weighted by atomic mass is 9.89. The van der Waals surface area contributed by atoms with Gasteiger partial charge in [-0.25, -0.2) is 0 Å². The summed E-state index contributed by atoms with van der Waals surface area (Å²) in [5.41, 5.74) is 3.14. The second kappa shape index (κ2) is 10.0. The summed E-state index contributed by atoms with van der Waals surface area (Å²) in [5, 5.41) is 3.77. The van der Waals surface area contributed by atoms with Gasteiger partial charge in [-0.2, -0.15) is 0 Å². The number of fused-ring (bicyclic) bond motifs is 1. The van der Waals surface area contributed by atoms with Gasteiger partial charge in [0.25, 0.3) is 0 Å². The highest BCUT2D eigenvalue weighted by Crippen LogP contribution is 2.30. The van der Waals surface area contributed by atoms with Crippen molar-refractivity contribution in [3.05, 3.63) is 59.8 Å². The van der Waals surface area contributed by atoms with Crippen molar-refractivity contribution in [1.29, 1.82) is 0 Å². The molecule has 4 rings (SSSR count). The van der Waals surface area contributed by atoms with Crippen LogP contribution in [0, 0.1) is 5.92 Å². The number of methoxy groups -OCH3 is 2. The molecule has 1 aliphatic rings. The maximum absolute atomic E-state index is 13.3. The first-order chi connectivity index (χ1) is 16.0. The minimum atomic E-state index is -0.107. The zero-order valence-electron chi connectivity index (χ0n) is 19.3. The number of nitrogens with zero attached hydrogens (tertiary/aromatic N) is 2. The van der Waals surface area contributed by atoms with E-state index in [2.05, 4.69) is 10.2 Å². The third-order valence-electron chi connectivity index (χ3n) is 6.04. The number of carbonyl (C=O) groups is 2. The lowest BCUT2D eigenvalue weighted by molar-refractivity contribution is -0.114. The first kappa shape index (κ1) is 22.7. The van der Waals surface area contributed by atoms with Crippen LogP contribution in [0.2, 0.25) is 0 Å². The molecular formula is C26H29N3O4. The van der Waals surface area contributed by atoms with Crippen LogP contribution in [0.5, 0.6) is 11.5 Å². The Bertz CT molecular complexity index is 1180. The number of benzene rings is 2. The zero-order chi connectivity index (χ0) is 23.4. The smallest absolute Gasteiger partial charge is 0.221 e. The number of nitrogens with one attached hydrogen (secondary N) is 1. The van der Waals surface area contributed by atoms with E-state index in [1.54, 1.807) is 32.4 Å². The SMILES string of the molecule is COc1ccc(C(=O)C2CCCN(Cc3ccc4c(NC(C)=O)cccc4n3)C2)c(OC)c1. The van der Waals surface area contributed by atoms with Crippen LogP contribution in [0.15, 0.2) is 48.5 Å². The zero-order valence-corrected chi connectivity index (χ0v) is 19.3. The van der Waals surface area contributed by atoms with Gasteiger partial charge in [0.2, 0.25) is 5.91 Å². The number of hydrogen-bond acceptors (Lipinski definition) is 6. The van der Waals surface area contributed by atoms with Crippen molar-refractivity contribution in [1.82, 2.24) is 9.88 Å². The number of anilines is 1. The fourth-order valence-corrected chi connectivity index (χ4v) is 4.45. The summed E-state index contributed by atoms with van der Waals surface area (Å²) in [6, 6.07) is 15.0. The molecule has 172 valence electrons. The minimum absolute atomic E-state index is 0.0899. The van der Waals surface area contributed by atoms with E-state index in [9.17, 15) is 9.59 Å². The molecule has 7 nitrogen and oxygen atoms in total. The highest BCUT2D eigenvalue weighted by molar-refractivity contribution is 6.01. The molecule has 2 aromatic carbocycles. The van der Waals surface area contributed by atoms with E-state index in [0.29, 0.717) is 30.2 Å². The topological polar surface area (TPSA) is 80.8 Å². The maximum Gasteiger partial charge on any atom is 0.221 e. The summed E-state index contributed by atoms with van der Waals surface area (Å²) >= 11 is 0. The summed E-state index contributed by atoms with van der Waals surface area (Å²) < 4.78 is 10.7. The molecule has 1 aliphatic heterocycles. The number of amides is 1. The molecule has 33 heavy (non-hydrogen) atoms. The highest BCUT2D eigenvalue weighted by atomic mass is 16.5. The van der Waals surface area contributed by atoms with Crippen LogP contribution in [0.1, 0.15) is 35.8 Å². The standard InChI is InChI=1S/C26H29N3O4/c1-17(30)27-23-7-4-8-24-21(23)11-9-19(28-24)16-29-13-5-6-18(15-29)26(31)22-12-10-20(32-2)14-25(22)33-3/h4,7-12,14,18H,5-6,13,15-16H2,1-3H3,(H,27,30). The summed E-state index contributed by atoms with van der Waals surface area (Å²) in [7, 11) is 3.16. The molecule has 1 unspecified atom stereocenters. The number of hydrogen-bond donors (Lipinski definition) is 1. The number of ether oxygens (including phenoxy) is 2. The summed E-state index contributed by atoms with van der Waals surface area (Å²) in [6.07, 6.45) is 1.81. The van der Waals surface area contributed by atoms with Gasteiger partial charge in [0.15, 0.2) is 5.78 Å². The van der Waals surface area contributed by atoms with Gasteiger partial charge in [0, 0.05) is 37.4 Å². The molecule has 2 heterocycles. The Kier molecular flexibility index (Phi) is 6.89. The lowest BCUT2D eigenvalue weighted by Crippen LogP contribution is -2.38. The van der Waals surface area contributed by atoms with Crippen molar-refractivity contribution < 1.29 is 19.1 Å². The van der Waals surface area contributed by atoms with Gasteiger partial charge in [-0.3, -0.25) is 19.5 Å². The van der Waals surface area contributed by atoms with Gasteiger partial charge in [-0.05, 0) is 55.8 Å². The Morgan fingerprint density at radius 2 is 1.97 bits per heavy atom. The molecule has 0 saturated carbocycles. The van der Waals surface area contributed by atoms with Crippen molar-refractivity contribution in [2.24, 2.45) is 5.92 Å². The number of rotatable bonds is 7. The summed E-state index contributed by atoms with van der Waals surface area (Å²) in [6.45, 7) is 3.77. The third-order valence-corrected chi connectivity index (χ3v) is 6.04. The van der Waals surface area contributed by atoms with Crippen molar-refractivity contribution in [2.75, 3.05) is 32.6 Å². The Labute approximate surface area is 193 Å². The van der Waals surface area contributed by atoms with E-state index in [-0.39, 0.29) is 17.6 Å². The van der Waals surface area contributed by atoms with Gasteiger partial charge in [0.05, 0.1) is 36.7 Å². The van der Waals surface area contributed by atoms with Crippen LogP contribution >= 0.6 is 0 Å². The molecule has 1 saturated heterocycles. The fraction of sp³-hybridized carbons (Fsp3) is 0.346. The Morgan fingerprint density at radius 3 is 2.73 bits per heavy atom. The van der Waals surface area contributed by atoms with E-state index in [1.807, 2.05) is 30.3 Å². The Hall–Kier alpha value is -3.45. The molecule has 0 spiro atoms. The van der Waals surface area contributed by atoms with Gasteiger partial charge in [-0.15, -0.1) is 0 Å². The number of pyridine rings is 1. The van der Waals surface area contributed by atoms with E-state index >= 15 is 0 Å². The van der Waals surface area contributed by atoms with Gasteiger partial charge >= 0.3 is 0 Å². The van der Waals surface area contributed by atoms with Gasteiger partial charge in [-0.1, -0.05) is 6.07 Å². The average Bonchev–Trinajstić information content (AvgIpc) is 2.83. The van der Waals surface area contributed by atoms with Crippen LogP contribution in [0.3, 0.4) is 0 Å². The predicted octanol–water partition coefficient (Wildman–Crippen LogP) is 4.31. The largest absolute Gasteiger partial charge is 0.497 e. The van der Waals surface area contributed by atoms with Crippen LogP contribution < -0.4 is 14.8 Å². The number of piperidine rings is 1. The molecule has 1 N–H and O–H groups in total. The highest BCUT2D eigenvalue weighted by Gasteiger charge is 2.28. The molecule has 0 bridgehead atoms. The first-order valence-corrected chi connectivity index (χ1v) is 11.1. The molecular weight excluding hydrogens is 418 g/mol. The van der Waals surface area contributed by atoms with Crippen LogP contribution in [-0.4, -0.2) is 48.9 Å². The van der Waals surface area contributed by atoms with Crippen molar-refractivity contribution in [2.45, 2.75) is 26.3 Å². The number of aromatic nitrogens is 1. The van der Waals surface area contributed by atoms with Crippen molar-refractivity contribution >= 4 is 28.3 Å². The normalized spacial score (nSPS) is 16.4. The molecule has 7 heteroatoms. The monoisotopic (exact) mass is 447 g/mol. The molecule has 1 fully saturated rings. The predicted molar refractivity (Wildman–Crippen MR) is 128 cm³/mol. The summed E-state index contributed by atoms with van der Waals surface area (Å²) in [4.78, 5) is 31.8. The molecule has 0 radical (unpaired) electrons. The van der Waals surface area contributed by atoms with Crippen molar-refractivity contribution in [3.63, 3.8) is 0 Å². The van der Waals surface area contributed by atoms with Crippen LogP contribution in [0.4, 0.5) is 5.69 Å². The van der Waals surface area contributed by atoms with Crippen LogP contribution in [-0.2, 0) is 11.3 Å². The fourth-order valence-electron chi connectivity index (χ4n) is 4.45.